The van der Waals surface area contributed by atoms with Crippen molar-refractivity contribution in [3.8, 4) is 0 Å². The predicted molar refractivity (Wildman–Crippen MR) is 52.8 cm³/mol. The zero-order valence-corrected chi connectivity index (χ0v) is 7.24. The second-order valence-electron chi connectivity index (χ2n) is 3.54. The Hall–Kier alpha value is -1.04. The second kappa shape index (κ2) is 3.14. The van der Waals surface area contributed by atoms with Crippen LogP contribution in [-0.4, -0.2) is 0 Å². The Bertz CT molecular complexity index is 236. The highest BCUT2D eigenvalue weighted by Gasteiger charge is 2.23. The fraction of sp³-hybridized carbons (Fsp3) is 0.333. The van der Waals surface area contributed by atoms with Crippen LogP contribution < -0.4 is 0 Å². The van der Waals surface area contributed by atoms with Crippen molar-refractivity contribution in [2.75, 3.05) is 0 Å². The topological polar surface area (TPSA) is 0 Å². The molecule has 62 valence electrons. The van der Waals surface area contributed by atoms with Gasteiger partial charge in [-0.2, -0.15) is 0 Å². The molecule has 0 saturated heterocycles. The van der Waals surface area contributed by atoms with Crippen molar-refractivity contribution in [2.24, 2.45) is 5.41 Å². The molecule has 0 unspecified atom stereocenters. The molecular formula is C12H14. The monoisotopic (exact) mass is 158 g/mol. The zero-order valence-electron chi connectivity index (χ0n) is 7.24. The second-order valence-corrected chi connectivity index (χ2v) is 3.54. The van der Waals surface area contributed by atoms with E-state index in [4.69, 9.17) is 0 Å². The van der Waals surface area contributed by atoms with E-state index in [0.717, 1.165) is 19.3 Å². The summed E-state index contributed by atoms with van der Waals surface area (Å²) < 4.78 is 0. The minimum absolute atomic E-state index is 0.313. The van der Waals surface area contributed by atoms with E-state index in [2.05, 4.69) is 48.6 Å². The van der Waals surface area contributed by atoms with Crippen molar-refractivity contribution >= 4 is 0 Å². The van der Waals surface area contributed by atoms with Crippen molar-refractivity contribution < 1.29 is 0 Å². The normalized spacial score (nSPS) is 24.7. The molecule has 0 N–H and O–H groups in total. The van der Waals surface area contributed by atoms with Crippen LogP contribution in [0, 0.1) is 5.41 Å². The molecule has 2 rings (SSSR count). The number of allylic oxidation sites excluding steroid dienone is 8. The van der Waals surface area contributed by atoms with Crippen molar-refractivity contribution in [1.29, 1.82) is 0 Å². The lowest BCUT2D eigenvalue weighted by atomic mass is 9.82. The van der Waals surface area contributed by atoms with Crippen molar-refractivity contribution in [1.82, 2.24) is 0 Å². The van der Waals surface area contributed by atoms with E-state index in [1.165, 1.54) is 0 Å². The van der Waals surface area contributed by atoms with Crippen LogP contribution in [0.3, 0.4) is 0 Å². The lowest BCUT2D eigenvalue weighted by molar-refractivity contribution is 0.512. The summed E-state index contributed by atoms with van der Waals surface area (Å²) in [5, 5.41) is 0. The summed E-state index contributed by atoms with van der Waals surface area (Å²) in [6.45, 7) is 0. The van der Waals surface area contributed by atoms with Gasteiger partial charge in [0.15, 0.2) is 0 Å². The number of hydrogen-bond acceptors (Lipinski definition) is 0. The third-order valence-electron chi connectivity index (χ3n) is 2.57. The van der Waals surface area contributed by atoms with Gasteiger partial charge >= 0.3 is 0 Å². The van der Waals surface area contributed by atoms with Crippen LogP contribution in [0.4, 0.5) is 0 Å². The minimum Gasteiger partial charge on any atom is -0.0870 e. The first-order valence-electron chi connectivity index (χ1n) is 4.58. The summed E-state index contributed by atoms with van der Waals surface area (Å²) in [6.07, 6.45) is 21.4. The van der Waals surface area contributed by atoms with Crippen LogP contribution in [-0.2, 0) is 0 Å². The van der Waals surface area contributed by atoms with Gasteiger partial charge in [-0.25, -0.2) is 0 Å². The Kier molecular flexibility index (Phi) is 1.99. The lowest BCUT2D eigenvalue weighted by Crippen LogP contribution is -2.11. The van der Waals surface area contributed by atoms with Crippen LogP contribution in [0.2, 0.25) is 0 Å². The molecule has 2 aliphatic rings. The average Bonchev–Trinajstić information content (AvgIpc) is 2.47. The predicted octanol–water partition coefficient (Wildman–Crippen LogP) is 3.40. The number of hydrogen-bond donors (Lipinski definition) is 0. The molecule has 0 nitrogen and oxygen atoms in total. The Labute approximate surface area is 74.0 Å². The molecule has 0 aliphatic heterocycles. The third kappa shape index (κ3) is 1.42. The molecule has 12 heavy (non-hydrogen) atoms. The van der Waals surface area contributed by atoms with Gasteiger partial charge in [0.05, 0.1) is 0 Å². The maximum absolute atomic E-state index is 2.31. The zero-order chi connectivity index (χ0) is 8.28. The van der Waals surface area contributed by atoms with Crippen LogP contribution in [0.15, 0.2) is 48.6 Å². The molecule has 0 amide bonds. The van der Waals surface area contributed by atoms with Gasteiger partial charge in [-0.1, -0.05) is 48.6 Å². The summed E-state index contributed by atoms with van der Waals surface area (Å²) in [5.41, 5.74) is 0.313. The highest BCUT2D eigenvalue weighted by molar-refractivity contribution is 5.28. The van der Waals surface area contributed by atoms with Crippen LogP contribution in [0.5, 0.6) is 0 Å². The summed E-state index contributed by atoms with van der Waals surface area (Å²) in [7, 11) is 0. The van der Waals surface area contributed by atoms with Crippen molar-refractivity contribution in [3.05, 3.63) is 48.6 Å². The maximum Gasteiger partial charge on any atom is 0.0136 e. The minimum atomic E-state index is 0.313. The summed E-state index contributed by atoms with van der Waals surface area (Å²) >= 11 is 0. The van der Waals surface area contributed by atoms with Gasteiger partial charge in [0.2, 0.25) is 0 Å². The molecule has 0 heteroatoms. The first-order valence-corrected chi connectivity index (χ1v) is 4.58. The van der Waals surface area contributed by atoms with E-state index in [9.17, 15) is 0 Å². The molecule has 0 aromatic rings. The average molecular weight is 158 g/mol. The highest BCUT2D eigenvalue weighted by Crippen LogP contribution is 2.35. The van der Waals surface area contributed by atoms with E-state index in [0.29, 0.717) is 5.41 Å². The quantitative estimate of drug-likeness (QED) is 0.474. The van der Waals surface area contributed by atoms with Gasteiger partial charge in [-0.05, 0) is 19.3 Å². The largest absolute Gasteiger partial charge is 0.0870 e. The first kappa shape index (κ1) is 7.60. The molecule has 1 spiro atoms. The number of rotatable bonds is 0. The molecule has 2 aliphatic carbocycles. The molecule has 0 aromatic heterocycles. The Morgan fingerprint density at radius 2 is 1.33 bits per heavy atom. The molecule has 0 bridgehead atoms. The van der Waals surface area contributed by atoms with Gasteiger partial charge in [-0.3, -0.25) is 0 Å². The summed E-state index contributed by atoms with van der Waals surface area (Å²) in [6, 6.07) is 0. The van der Waals surface area contributed by atoms with Crippen LogP contribution >= 0.6 is 0 Å². The van der Waals surface area contributed by atoms with Crippen LogP contribution in [0.1, 0.15) is 19.3 Å². The van der Waals surface area contributed by atoms with E-state index < -0.39 is 0 Å². The van der Waals surface area contributed by atoms with Gasteiger partial charge in [0, 0.05) is 5.41 Å². The van der Waals surface area contributed by atoms with Crippen molar-refractivity contribution in [3.63, 3.8) is 0 Å². The van der Waals surface area contributed by atoms with Gasteiger partial charge in [-0.15, -0.1) is 0 Å². The summed E-state index contributed by atoms with van der Waals surface area (Å²) in [5.74, 6) is 0. The molecule has 0 aromatic carbocycles. The Balaban J connectivity index is 2.19. The highest BCUT2D eigenvalue weighted by atomic mass is 14.3. The molecular weight excluding hydrogens is 144 g/mol. The van der Waals surface area contributed by atoms with Gasteiger partial charge < -0.3 is 0 Å². The van der Waals surface area contributed by atoms with Crippen molar-refractivity contribution in [2.45, 2.75) is 19.3 Å². The molecule has 0 saturated carbocycles. The van der Waals surface area contributed by atoms with E-state index in [1.54, 1.807) is 0 Å². The molecule has 0 fully saturated rings. The fourth-order valence-electron chi connectivity index (χ4n) is 1.78. The smallest absolute Gasteiger partial charge is 0.0136 e. The molecule has 0 heterocycles. The van der Waals surface area contributed by atoms with E-state index >= 15 is 0 Å². The molecule has 0 radical (unpaired) electrons. The van der Waals surface area contributed by atoms with Crippen LogP contribution in [0.25, 0.3) is 0 Å². The fourth-order valence-corrected chi connectivity index (χ4v) is 1.78. The van der Waals surface area contributed by atoms with Gasteiger partial charge in [0.25, 0.3) is 0 Å². The first-order chi connectivity index (χ1) is 5.91. The van der Waals surface area contributed by atoms with E-state index in [1.807, 2.05) is 0 Å². The van der Waals surface area contributed by atoms with E-state index in [-0.39, 0.29) is 0 Å². The molecule has 0 atom stereocenters. The standard InChI is InChI=1S/C12H14/c1-2-4-8-12(9-5-3-1)10-6-7-11-12/h2-7,10-11H,1,8-9H2. The SMILES string of the molecule is C1=CC2(C=C1)CC=CCC=CC2. The Morgan fingerprint density at radius 1 is 0.750 bits per heavy atom. The van der Waals surface area contributed by atoms with Gasteiger partial charge in [0.1, 0.15) is 0 Å². The Morgan fingerprint density at radius 3 is 1.92 bits per heavy atom. The summed E-state index contributed by atoms with van der Waals surface area (Å²) in [4.78, 5) is 0. The third-order valence-corrected chi connectivity index (χ3v) is 2.57. The maximum atomic E-state index is 2.31. The lowest BCUT2D eigenvalue weighted by Gasteiger charge is -2.22.